The predicted octanol–water partition coefficient (Wildman–Crippen LogP) is 13.9. The van der Waals surface area contributed by atoms with Crippen molar-refractivity contribution >= 4 is 49.6 Å². The van der Waals surface area contributed by atoms with E-state index in [9.17, 15) is 4.39 Å². The molecule has 9 aromatic carbocycles. The molecule has 0 saturated carbocycles. The molecular formula is C53H37FN2. The Hall–Kier alpha value is -7.23. The van der Waals surface area contributed by atoms with E-state index in [4.69, 9.17) is 0 Å². The topological polar surface area (TPSA) is 8.17 Å². The van der Waals surface area contributed by atoms with Gasteiger partial charge in [-0.15, -0.1) is 0 Å². The van der Waals surface area contributed by atoms with Crippen molar-refractivity contribution in [2.75, 3.05) is 4.90 Å². The lowest BCUT2D eigenvalue weighted by Crippen LogP contribution is -2.31. The van der Waals surface area contributed by atoms with Crippen LogP contribution in [-0.2, 0) is 5.41 Å². The second-order valence-electron chi connectivity index (χ2n) is 14.3. The molecule has 0 aliphatic rings. The maximum absolute atomic E-state index is 14.1. The molecule has 0 aliphatic heterocycles. The van der Waals surface area contributed by atoms with Gasteiger partial charge in [0, 0.05) is 33.2 Å². The van der Waals surface area contributed by atoms with E-state index in [0.29, 0.717) is 0 Å². The lowest BCUT2D eigenvalue weighted by Gasteiger charge is -2.37. The standard InChI is InChI=1S/C53H37FN2/c54-43-29-33-45(34-30-43)56-51-25-13-12-24-48(51)49-37-46(35-36-52(49)56)55(50-26-14-16-38-15-10-11-23-47(38)50)44-31-27-42(28-32-44)53(39-17-4-1-5-18-39,40-19-6-2-7-20-40)41-21-8-3-9-22-41/h1-37H. The zero-order valence-electron chi connectivity index (χ0n) is 30.6. The largest absolute Gasteiger partial charge is 0.310 e. The molecule has 0 atom stereocenters. The Labute approximate surface area is 326 Å². The molecule has 0 fully saturated rings. The molecule has 266 valence electrons. The van der Waals surface area contributed by atoms with Gasteiger partial charge in [-0.05, 0) is 94.4 Å². The first kappa shape index (κ1) is 33.3. The average Bonchev–Trinajstić information content (AvgIpc) is 3.60. The van der Waals surface area contributed by atoms with Gasteiger partial charge in [0.15, 0.2) is 0 Å². The maximum atomic E-state index is 14.1. The third kappa shape index (κ3) is 5.48. The van der Waals surface area contributed by atoms with Crippen LogP contribution in [0.25, 0.3) is 38.3 Å². The van der Waals surface area contributed by atoms with E-state index in [1.165, 1.54) is 45.2 Å². The molecule has 0 N–H and O–H groups in total. The van der Waals surface area contributed by atoms with Crippen LogP contribution in [0.1, 0.15) is 22.3 Å². The number of hydrogen-bond acceptors (Lipinski definition) is 1. The van der Waals surface area contributed by atoms with Gasteiger partial charge in [-0.3, -0.25) is 0 Å². The van der Waals surface area contributed by atoms with E-state index in [0.717, 1.165) is 44.6 Å². The Morgan fingerprint density at radius 2 is 0.875 bits per heavy atom. The van der Waals surface area contributed by atoms with Crippen molar-refractivity contribution in [2.45, 2.75) is 5.41 Å². The van der Waals surface area contributed by atoms with Crippen molar-refractivity contribution in [1.82, 2.24) is 4.57 Å². The molecule has 0 unspecified atom stereocenters. The zero-order valence-corrected chi connectivity index (χ0v) is 30.6. The first-order valence-electron chi connectivity index (χ1n) is 19.0. The van der Waals surface area contributed by atoms with E-state index in [1.807, 2.05) is 12.1 Å². The normalized spacial score (nSPS) is 11.7. The SMILES string of the molecule is Fc1ccc(-n2c3ccccc3c3cc(N(c4ccc(C(c5ccccc5)(c5ccccc5)c5ccccc5)cc4)c4cccc5ccccc45)ccc32)cc1. The summed E-state index contributed by atoms with van der Waals surface area (Å²) in [7, 11) is 0. The summed E-state index contributed by atoms with van der Waals surface area (Å²) in [5.41, 5.74) is 10.5. The Kier molecular flexibility index (Phi) is 8.26. The van der Waals surface area contributed by atoms with Gasteiger partial charge in [-0.25, -0.2) is 4.39 Å². The summed E-state index contributed by atoms with van der Waals surface area (Å²) in [6.45, 7) is 0. The van der Waals surface area contributed by atoms with Crippen molar-refractivity contribution in [3.8, 4) is 5.69 Å². The Morgan fingerprint density at radius 1 is 0.375 bits per heavy atom. The summed E-state index contributed by atoms with van der Waals surface area (Å²) in [6, 6.07) is 78.7. The van der Waals surface area contributed by atoms with E-state index in [2.05, 4.69) is 210 Å². The highest BCUT2D eigenvalue weighted by molar-refractivity contribution is 6.11. The first-order valence-corrected chi connectivity index (χ1v) is 19.0. The fourth-order valence-electron chi connectivity index (χ4n) is 8.72. The lowest BCUT2D eigenvalue weighted by atomic mass is 9.65. The van der Waals surface area contributed by atoms with Crippen molar-refractivity contribution < 1.29 is 4.39 Å². The van der Waals surface area contributed by atoms with Gasteiger partial charge in [0.1, 0.15) is 5.82 Å². The van der Waals surface area contributed by atoms with Gasteiger partial charge in [-0.2, -0.15) is 0 Å². The van der Waals surface area contributed by atoms with Gasteiger partial charge < -0.3 is 9.47 Å². The highest BCUT2D eigenvalue weighted by atomic mass is 19.1. The molecule has 3 heteroatoms. The quantitative estimate of drug-likeness (QED) is 0.142. The molecular weight excluding hydrogens is 684 g/mol. The minimum absolute atomic E-state index is 0.248. The number of halogens is 1. The van der Waals surface area contributed by atoms with Crippen LogP contribution >= 0.6 is 0 Å². The fraction of sp³-hybridized carbons (Fsp3) is 0.0189. The molecule has 2 nitrogen and oxygen atoms in total. The Morgan fingerprint density at radius 3 is 1.52 bits per heavy atom. The average molecular weight is 721 g/mol. The molecule has 0 amide bonds. The number of fused-ring (bicyclic) bond motifs is 4. The molecule has 10 rings (SSSR count). The van der Waals surface area contributed by atoms with Crippen molar-refractivity contribution in [2.24, 2.45) is 0 Å². The van der Waals surface area contributed by atoms with Crippen LogP contribution in [0.5, 0.6) is 0 Å². The van der Waals surface area contributed by atoms with Crippen molar-refractivity contribution in [3.63, 3.8) is 0 Å². The molecule has 10 aromatic rings. The second kappa shape index (κ2) is 13.9. The Balaban J connectivity index is 1.20. The number of rotatable bonds is 8. The minimum atomic E-state index is -0.548. The summed E-state index contributed by atoms with van der Waals surface area (Å²) < 4.78 is 16.3. The summed E-state index contributed by atoms with van der Waals surface area (Å²) in [5, 5.41) is 4.61. The molecule has 1 aromatic heterocycles. The minimum Gasteiger partial charge on any atom is -0.310 e. The smallest absolute Gasteiger partial charge is 0.123 e. The fourth-order valence-corrected chi connectivity index (χ4v) is 8.72. The summed E-state index contributed by atoms with van der Waals surface area (Å²) in [6.07, 6.45) is 0. The van der Waals surface area contributed by atoms with E-state index in [1.54, 1.807) is 0 Å². The van der Waals surface area contributed by atoms with Crippen LogP contribution < -0.4 is 4.90 Å². The van der Waals surface area contributed by atoms with E-state index < -0.39 is 5.41 Å². The molecule has 0 saturated heterocycles. The van der Waals surface area contributed by atoms with Gasteiger partial charge in [0.25, 0.3) is 0 Å². The van der Waals surface area contributed by atoms with Crippen LogP contribution in [0.2, 0.25) is 0 Å². The Bertz CT molecular complexity index is 2850. The van der Waals surface area contributed by atoms with E-state index >= 15 is 0 Å². The number of nitrogens with zero attached hydrogens (tertiary/aromatic N) is 2. The van der Waals surface area contributed by atoms with Gasteiger partial charge in [-0.1, -0.05) is 158 Å². The van der Waals surface area contributed by atoms with Crippen LogP contribution in [0.3, 0.4) is 0 Å². The predicted molar refractivity (Wildman–Crippen MR) is 231 cm³/mol. The third-order valence-corrected chi connectivity index (χ3v) is 11.2. The number of hydrogen-bond donors (Lipinski definition) is 0. The molecule has 0 spiro atoms. The molecule has 0 bridgehead atoms. The highest BCUT2D eigenvalue weighted by Crippen LogP contribution is 2.47. The number of anilines is 3. The molecule has 56 heavy (non-hydrogen) atoms. The van der Waals surface area contributed by atoms with Gasteiger partial charge in [0.05, 0.1) is 22.1 Å². The van der Waals surface area contributed by atoms with Crippen molar-refractivity contribution in [1.29, 1.82) is 0 Å². The number of para-hydroxylation sites is 1. The van der Waals surface area contributed by atoms with Crippen LogP contribution in [-0.4, -0.2) is 4.57 Å². The summed E-state index contributed by atoms with van der Waals surface area (Å²) in [4.78, 5) is 2.38. The second-order valence-corrected chi connectivity index (χ2v) is 14.3. The first-order chi connectivity index (χ1) is 27.7. The van der Waals surface area contributed by atoms with Gasteiger partial charge >= 0.3 is 0 Å². The summed E-state index contributed by atoms with van der Waals surface area (Å²) >= 11 is 0. The number of aromatic nitrogens is 1. The van der Waals surface area contributed by atoms with Gasteiger partial charge in [0.2, 0.25) is 0 Å². The zero-order chi connectivity index (χ0) is 37.5. The third-order valence-electron chi connectivity index (χ3n) is 11.2. The van der Waals surface area contributed by atoms with Crippen LogP contribution in [0.15, 0.2) is 224 Å². The molecule has 1 heterocycles. The molecule has 0 radical (unpaired) electrons. The van der Waals surface area contributed by atoms with Crippen LogP contribution in [0.4, 0.5) is 21.5 Å². The lowest BCUT2D eigenvalue weighted by molar-refractivity contribution is 0.627. The number of benzene rings is 9. The van der Waals surface area contributed by atoms with Crippen LogP contribution in [0, 0.1) is 5.82 Å². The van der Waals surface area contributed by atoms with E-state index in [-0.39, 0.29) is 5.82 Å². The monoisotopic (exact) mass is 720 g/mol. The molecule has 0 aliphatic carbocycles. The van der Waals surface area contributed by atoms with Crippen molar-refractivity contribution in [3.05, 3.63) is 253 Å². The highest BCUT2D eigenvalue weighted by Gasteiger charge is 2.38. The maximum Gasteiger partial charge on any atom is 0.123 e. The summed E-state index contributed by atoms with van der Waals surface area (Å²) in [5.74, 6) is -0.248.